The third kappa shape index (κ3) is 7.04. The summed E-state index contributed by atoms with van der Waals surface area (Å²) in [5, 5.41) is 7.21. The fourth-order valence-electron chi connectivity index (χ4n) is 1.36. The van der Waals surface area contributed by atoms with Gasteiger partial charge in [-0.05, 0) is 6.42 Å². The number of nitrogens with zero attached hydrogens (tertiary/aromatic N) is 2. The number of nitrogens with one attached hydrogen (secondary N) is 2. The molecule has 0 radical (unpaired) electrons. The summed E-state index contributed by atoms with van der Waals surface area (Å²) < 4.78 is 4.56. The maximum atomic E-state index is 11.0. The summed E-state index contributed by atoms with van der Waals surface area (Å²) >= 11 is 1.69. The molecule has 0 amide bonds. The Hall–Kier alpha value is -0.900. The number of esters is 1. The second-order valence-corrected chi connectivity index (χ2v) is 4.95. The van der Waals surface area contributed by atoms with E-state index in [9.17, 15) is 4.79 Å². The summed E-state index contributed by atoms with van der Waals surface area (Å²) in [4.78, 5) is 20.6. The fourth-order valence-corrected chi connectivity index (χ4v) is 2.16. The van der Waals surface area contributed by atoms with Gasteiger partial charge in [-0.25, -0.2) is 4.98 Å². The number of guanidine groups is 1. The molecule has 0 aliphatic heterocycles. The molecule has 1 aromatic rings. The lowest BCUT2D eigenvalue weighted by atomic mass is 10.4. The summed E-state index contributed by atoms with van der Waals surface area (Å²) in [6, 6.07) is 0. The highest BCUT2D eigenvalue weighted by Crippen LogP contribution is 2.12. The lowest BCUT2D eigenvalue weighted by molar-refractivity contribution is -0.140. The van der Waals surface area contributed by atoms with Crippen LogP contribution in [0.25, 0.3) is 0 Å². The van der Waals surface area contributed by atoms with E-state index < -0.39 is 0 Å². The van der Waals surface area contributed by atoms with E-state index in [-0.39, 0.29) is 29.9 Å². The highest BCUT2D eigenvalue weighted by atomic mass is 127. The minimum atomic E-state index is -0.240. The first-order valence-corrected chi connectivity index (χ1v) is 6.96. The number of carbonyl (C=O) groups is 1. The van der Waals surface area contributed by atoms with Gasteiger partial charge in [0.1, 0.15) is 5.01 Å². The number of hydrogen-bond donors (Lipinski definition) is 2. The Kier molecular flexibility index (Phi) is 10.3. The van der Waals surface area contributed by atoms with Crippen LogP contribution in [-0.2, 0) is 22.5 Å². The van der Waals surface area contributed by atoms with Gasteiger partial charge in [-0.1, -0.05) is 6.92 Å². The number of hydrogen-bond acceptors (Lipinski definition) is 5. The smallest absolute Gasteiger partial charge is 0.307 e. The zero-order valence-electron chi connectivity index (χ0n) is 11.9. The van der Waals surface area contributed by atoms with Crippen molar-refractivity contribution in [3.05, 3.63) is 16.1 Å². The van der Waals surface area contributed by atoms with Crippen LogP contribution in [0.3, 0.4) is 0 Å². The topological polar surface area (TPSA) is 75.6 Å². The molecule has 1 rings (SSSR count). The molecule has 0 spiro atoms. The second-order valence-electron chi connectivity index (χ2n) is 3.75. The number of aliphatic imine (C=N–C) groups is 1. The van der Waals surface area contributed by atoms with Crippen molar-refractivity contribution in [1.82, 2.24) is 15.6 Å². The summed E-state index contributed by atoms with van der Waals surface area (Å²) in [5.74, 6) is 0.410. The molecule has 0 saturated heterocycles. The average molecular weight is 412 g/mol. The van der Waals surface area contributed by atoms with Crippen LogP contribution in [0.15, 0.2) is 11.2 Å². The third-order valence-corrected chi connectivity index (χ3v) is 3.57. The molecule has 6 nitrogen and oxygen atoms in total. The first-order chi connectivity index (χ1) is 9.19. The largest absolute Gasteiger partial charge is 0.469 e. The lowest BCUT2D eigenvalue weighted by Gasteiger charge is -2.10. The highest BCUT2D eigenvalue weighted by Gasteiger charge is 2.04. The van der Waals surface area contributed by atoms with Crippen LogP contribution < -0.4 is 10.6 Å². The number of ether oxygens (including phenoxy) is 1. The number of aromatic nitrogens is 1. The van der Waals surface area contributed by atoms with Gasteiger partial charge in [0.25, 0.3) is 0 Å². The number of halogens is 1. The van der Waals surface area contributed by atoms with Crippen molar-refractivity contribution in [3.63, 3.8) is 0 Å². The standard InChI is InChI=1S/C12H20N4O2S.HI/c1-4-9-7-15-10(19-9)8-16-12(13-2)14-6-5-11(17)18-3;/h7H,4-6,8H2,1-3H3,(H2,13,14,16);1H. The predicted octanol–water partition coefficient (Wildman–Crippen LogP) is 1.55. The van der Waals surface area contributed by atoms with Gasteiger partial charge >= 0.3 is 5.97 Å². The number of rotatable bonds is 6. The van der Waals surface area contributed by atoms with Crippen molar-refractivity contribution >= 4 is 47.2 Å². The highest BCUT2D eigenvalue weighted by molar-refractivity contribution is 14.0. The molecule has 0 bridgehead atoms. The Morgan fingerprint density at radius 3 is 2.80 bits per heavy atom. The molecule has 0 fully saturated rings. The van der Waals surface area contributed by atoms with Crippen LogP contribution in [-0.4, -0.2) is 37.6 Å². The summed E-state index contributed by atoms with van der Waals surface area (Å²) in [7, 11) is 3.07. The minimum Gasteiger partial charge on any atom is -0.469 e. The molecule has 2 N–H and O–H groups in total. The molecule has 0 aliphatic carbocycles. The van der Waals surface area contributed by atoms with Crippen molar-refractivity contribution in [1.29, 1.82) is 0 Å². The SMILES string of the molecule is CCc1cnc(CNC(=NC)NCCC(=O)OC)s1.I. The zero-order chi connectivity index (χ0) is 14.1. The van der Waals surface area contributed by atoms with E-state index in [1.165, 1.54) is 12.0 Å². The quantitative estimate of drug-likeness (QED) is 0.321. The number of methoxy groups -OCH3 is 1. The molecule has 0 atom stereocenters. The average Bonchev–Trinajstić information content (AvgIpc) is 2.90. The van der Waals surface area contributed by atoms with Crippen LogP contribution in [0.4, 0.5) is 0 Å². The molecule has 1 heterocycles. The summed E-state index contributed by atoms with van der Waals surface area (Å²) in [6.45, 7) is 3.23. The van der Waals surface area contributed by atoms with Gasteiger partial charge < -0.3 is 15.4 Å². The van der Waals surface area contributed by atoms with E-state index in [1.807, 2.05) is 6.20 Å². The van der Waals surface area contributed by atoms with Gasteiger partial charge in [-0.3, -0.25) is 9.79 Å². The molecule has 0 saturated carbocycles. The third-order valence-electron chi connectivity index (χ3n) is 2.43. The monoisotopic (exact) mass is 412 g/mol. The molecule has 0 unspecified atom stereocenters. The Morgan fingerprint density at radius 1 is 1.50 bits per heavy atom. The van der Waals surface area contributed by atoms with Gasteiger partial charge in [0, 0.05) is 24.7 Å². The van der Waals surface area contributed by atoms with E-state index >= 15 is 0 Å². The van der Waals surface area contributed by atoms with E-state index in [0.717, 1.165) is 11.4 Å². The molecular weight excluding hydrogens is 391 g/mol. The maximum Gasteiger partial charge on any atom is 0.307 e. The Labute approximate surface area is 140 Å². The molecule has 0 aliphatic rings. The second kappa shape index (κ2) is 10.8. The maximum absolute atomic E-state index is 11.0. The molecule has 20 heavy (non-hydrogen) atoms. The van der Waals surface area contributed by atoms with Crippen molar-refractivity contribution in [2.45, 2.75) is 26.3 Å². The van der Waals surface area contributed by atoms with Crippen LogP contribution in [0.5, 0.6) is 0 Å². The van der Waals surface area contributed by atoms with Crippen molar-refractivity contribution in [2.24, 2.45) is 4.99 Å². The molecule has 0 aromatic carbocycles. The molecular formula is C12H21IN4O2S. The van der Waals surface area contributed by atoms with Crippen LogP contribution in [0, 0.1) is 0 Å². The lowest BCUT2D eigenvalue weighted by Crippen LogP contribution is -2.37. The van der Waals surface area contributed by atoms with Crippen LogP contribution >= 0.6 is 35.3 Å². The minimum absolute atomic E-state index is 0. The van der Waals surface area contributed by atoms with E-state index in [1.54, 1.807) is 18.4 Å². The van der Waals surface area contributed by atoms with Gasteiger partial charge in [0.05, 0.1) is 20.1 Å². The summed E-state index contributed by atoms with van der Waals surface area (Å²) in [5.41, 5.74) is 0. The fraction of sp³-hybridized carbons (Fsp3) is 0.583. The van der Waals surface area contributed by atoms with Crippen LogP contribution in [0.2, 0.25) is 0 Å². The summed E-state index contributed by atoms with van der Waals surface area (Å²) in [6.07, 6.45) is 3.22. The number of carbonyl (C=O) groups excluding carboxylic acids is 1. The van der Waals surface area contributed by atoms with E-state index in [0.29, 0.717) is 25.5 Å². The van der Waals surface area contributed by atoms with Gasteiger partial charge in [-0.15, -0.1) is 35.3 Å². The van der Waals surface area contributed by atoms with Gasteiger partial charge in [-0.2, -0.15) is 0 Å². The van der Waals surface area contributed by atoms with Crippen molar-refractivity contribution < 1.29 is 9.53 Å². The van der Waals surface area contributed by atoms with Crippen molar-refractivity contribution in [2.75, 3.05) is 20.7 Å². The van der Waals surface area contributed by atoms with Crippen LogP contribution in [0.1, 0.15) is 23.2 Å². The Morgan fingerprint density at radius 2 is 2.25 bits per heavy atom. The zero-order valence-corrected chi connectivity index (χ0v) is 15.1. The first-order valence-electron chi connectivity index (χ1n) is 6.14. The predicted molar refractivity (Wildman–Crippen MR) is 91.7 cm³/mol. The normalized spacial score (nSPS) is 10.7. The van der Waals surface area contributed by atoms with E-state index in [4.69, 9.17) is 0 Å². The Bertz CT molecular complexity index is 437. The Balaban J connectivity index is 0.00000361. The van der Waals surface area contributed by atoms with Crippen molar-refractivity contribution in [3.8, 4) is 0 Å². The molecule has 114 valence electrons. The first kappa shape index (κ1) is 19.1. The van der Waals surface area contributed by atoms with E-state index in [2.05, 4.69) is 32.3 Å². The van der Waals surface area contributed by atoms with Gasteiger partial charge in [0.15, 0.2) is 5.96 Å². The molecule has 8 heteroatoms. The molecule has 1 aromatic heterocycles. The van der Waals surface area contributed by atoms with Gasteiger partial charge in [0.2, 0.25) is 0 Å². The number of aryl methyl sites for hydroxylation is 1. The number of thiazole rings is 1.